The molecule has 0 aromatic carbocycles. The van der Waals surface area contributed by atoms with Crippen LogP contribution in [0.2, 0.25) is 0 Å². The Morgan fingerprint density at radius 1 is 1.53 bits per heavy atom. The van der Waals surface area contributed by atoms with Gasteiger partial charge in [-0.2, -0.15) is 0 Å². The number of rotatable bonds is 6. The average Bonchev–Trinajstić information content (AvgIpc) is 2.75. The van der Waals surface area contributed by atoms with Crippen LogP contribution in [0.25, 0.3) is 0 Å². The van der Waals surface area contributed by atoms with Crippen LogP contribution < -0.4 is 10.6 Å². The van der Waals surface area contributed by atoms with E-state index in [9.17, 15) is 4.79 Å². The molecule has 0 fully saturated rings. The van der Waals surface area contributed by atoms with Crippen LogP contribution in [-0.2, 0) is 16.9 Å². The molecule has 2 N–H and O–H groups in total. The highest BCUT2D eigenvalue weighted by Crippen LogP contribution is 2.18. The minimum atomic E-state index is -0.141. The lowest BCUT2D eigenvalue weighted by atomic mass is 10.0. The Balaban J connectivity index is 2.67. The molecule has 0 spiro atoms. The summed E-state index contributed by atoms with van der Waals surface area (Å²) in [6.45, 7) is 7.44. The molecule has 1 amide bonds. The first kappa shape index (κ1) is 13.7. The summed E-state index contributed by atoms with van der Waals surface area (Å²) in [5.74, 6) is 0.0782. The fraction of sp³-hybridized carbons (Fsp3) is 0.667. The molecule has 0 aliphatic carbocycles. The van der Waals surface area contributed by atoms with Crippen molar-refractivity contribution in [3.8, 4) is 0 Å². The lowest BCUT2D eigenvalue weighted by Gasteiger charge is -2.25. The minimum Gasteiger partial charge on any atom is -0.356 e. The Kier molecular flexibility index (Phi) is 4.69. The van der Waals surface area contributed by atoms with Crippen LogP contribution in [0.1, 0.15) is 32.9 Å². The van der Waals surface area contributed by atoms with Crippen LogP contribution >= 0.6 is 0 Å². The van der Waals surface area contributed by atoms with Crippen molar-refractivity contribution in [2.75, 3.05) is 13.6 Å². The molecule has 1 heterocycles. The fourth-order valence-corrected chi connectivity index (χ4v) is 1.65. The number of hydrogen-bond donors (Lipinski definition) is 2. The number of hydrogen-bond acceptors (Lipinski definition) is 3. The Hall–Kier alpha value is -1.36. The van der Waals surface area contributed by atoms with Gasteiger partial charge in [-0.25, -0.2) is 4.98 Å². The first-order chi connectivity index (χ1) is 8.01. The van der Waals surface area contributed by atoms with E-state index in [4.69, 9.17) is 0 Å². The van der Waals surface area contributed by atoms with E-state index in [0.717, 1.165) is 5.69 Å². The summed E-state index contributed by atoms with van der Waals surface area (Å²) in [7, 11) is 1.92. The molecule has 0 aliphatic heterocycles. The van der Waals surface area contributed by atoms with Crippen molar-refractivity contribution in [1.82, 2.24) is 20.2 Å². The first-order valence-electron chi connectivity index (χ1n) is 5.97. The molecule has 1 rings (SSSR count). The Bertz CT molecular complexity index is 370. The summed E-state index contributed by atoms with van der Waals surface area (Å²) in [5.41, 5.74) is 0.946. The van der Waals surface area contributed by atoms with Gasteiger partial charge >= 0.3 is 0 Å². The molecule has 0 unspecified atom stereocenters. The smallest absolute Gasteiger partial charge is 0.221 e. The zero-order chi connectivity index (χ0) is 12.9. The lowest BCUT2D eigenvalue weighted by molar-refractivity contribution is -0.121. The minimum absolute atomic E-state index is 0.0782. The second-order valence-electron chi connectivity index (χ2n) is 4.55. The van der Waals surface area contributed by atoms with Crippen LogP contribution in [0, 0.1) is 0 Å². The van der Waals surface area contributed by atoms with E-state index in [1.165, 1.54) is 0 Å². The third-order valence-electron chi connectivity index (χ3n) is 2.93. The van der Waals surface area contributed by atoms with Crippen LogP contribution in [-0.4, -0.2) is 29.1 Å². The average molecular weight is 238 g/mol. The van der Waals surface area contributed by atoms with Crippen molar-refractivity contribution in [3.05, 3.63) is 18.2 Å². The van der Waals surface area contributed by atoms with Gasteiger partial charge in [0.15, 0.2) is 0 Å². The quantitative estimate of drug-likeness (QED) is 0.773. The Labute approximate surface area is 103 Å². The van der Waals surface area contributed by atoms with E-state index in [-0.39, 0.29) is 11.4 Å². The predicted octanol–water partition coefficient (Wildman–Crippen LogP) is 0.864. The van der Waals surface area contributed by atoms with Crippen molar-refractivity contribution in [1.29, 1.82) is 0 Å². The number of aryl methyl sites for hydroxylation is 1. The van der Waals surface area contributed by atoms with E-state index in [2.05, 4.69) is 29.5 Å². The third kappa shape index (κ3) is 3.56. The number of amides is 1. The van der Waals surface area contributed by atoms with Crippen LogP contribution in [0.5, 0.6) is 0 Å². The zero-order valence-corrected chi connectivity index (χ0v) is 11.1. The molecule has 1 aromatic heterocycles. The molecular weight excluding hydrogens is 216 g/mol. The maximum absolute atomic E-state index is 11.4. The van der Waals surface area contributed by atoms with Crippen LogP contribution in [0.4, 0.5) is 0 Å². The lowest BCUT2D eigenvalue weighted by Crippen LogP contribution is -2.35. The number of carbonyl (C=O) groups excluding carboxylic acids is 1. The van der Waals surface area contributed by atoms with Crippen molar-refractivity contribution < 1.29 is 4.79 Å². The molecule has 96 valence electrons. The van der Waals surface area contributed by atoms with Gasteiger partial charge < -0.3 is 15.2 Å². The molecule has 5 heteroatoms. The van der Waals surface area contributed by atoms with Gasteiger partial charge in [-0.3, -0.25) is 4.79 Å². The molecule has 1 aromatic rings. The summed E-state index contributed by atoms with van der Waals surface area (Å²) in [4.78, 5) is 15.6. The van der Waals surface area contributed by atoms with Gasteiger partial charge in [0.1, 0.15) is 0 Å². The molecule has 17 heavy (non-hydrogen) atoms. The molecule has 0 saturated carbocycles. The highest BCUT2D eigenvalue weighted by atomic mass is 16.1. The number of nitrogens with one attached hydrogen (secondary N) is 2. The summed E-state index contributed by atoms with van der Waals surface area (Å²) >= 11 is 0. The summed E-state index contributed by atoms with van der Waals surface area (Å²) < 4.78 is 2.02. The van der Waals surface area contributed by atoms with Crippen molar-refractivity contribution in [3.63, 3.8) is 0 Å². The standard InChI is InChI=1S/C12H22N4O/c1-5-15-11(17)6-7-16-9-14-8-10(16)12(2,3)13-4/h8-9,13H,5-7H2,1-4H3,(H,15,17). The SMILES string of the molecule is CCNC(=O)CCn1cncc1C(C)(C)NC. The highest BCUT2D eigenvalue weighted by molar-refractivity contribution is 5.75. The van der Waals surface area contributed by atoms with E-state index < -0.39 is 0 Å². The van der Waals surface area contributed by atoms with Gasteiger partial charge in [0.05, 0.1) is 17.6 Å². The van der Waals surface area contributed by atoms with E-state index in [1.54, 1.807) is 6.33 Å². The summed E-state index contributed by atoms with van der Waals surface area (Å²) in [6.07, 6.45) is 4.10. The number of nitrogens with zero attached hydrogens (tertiary/aromatic N) is 2. The number of aromatic nitrogens is 2. The van der Waals surface area contributed by atoms with Crippen LogP contribution in [0.15, 0.2) is 12.5 Å². The normalized spacial score (nSPS) is 11.5. The van der Waals surface area contributed by atoms with Gasteiger partial charge in [0, 0.05) is 25.7 Å². The molecule has 5 nitrogen and oxygen atoms in total. The second kappa shape index (κ2) is 5.82. The molecular formula is C12H22N4O. The van der Waals surface area contributed by atoms with E-state index >= 15 is 0 Å². The number of imidazole rings is 1. The van der Waals surface area contributed by atoms with Crippen molar-refractivity contribution >= 4 is 5.91 Å². The molecule has 0 bridgehead atoms. The highest BCUT2D eigenvalue weighted by Gasteiger charge is 2.22. The molecule has 0 radical (unpaired) electrons. The van der Waals surface area contributed by atoms with Gasteiger partial charge in [0.2, 0.25) is 5.91 Å². The number of carbonyl (C=O) groups is 1. The van der Waals surface area contributed by atoms with Gasteiger partial charge in [-0.05, 0) is 27.8 Å². The maximum Gasteiger partial charge on any atom is 0.221 e. The second-order valence-corrected chi connectivity index (χ2v) is 4.55. The third-order valence-corrected chi connectivity index (χ3v) is 2.93. The van der Waals surface area contributed by atoms with Gasteiger partial charge in [0.25, 0.3) is 0 Å². The van der Waals surface area contributed by atoms with Crippen LogP contribution in [0.3, 0.4) is 0 Å². The van der Waals surface area contributed by atoms with Crippen molar-refractivity contribution in [2.24, 2.45) is 0 Å². The maximum atomic E-state index is 11.4. The summed E-state index contributed by atoms with van der Waals surface area (Å²) in [5, 5.41) is 6.03. The molecule has 0 aliphatic rings. The van der Waals surface area contributed by atoms with Gasteiger partial charge in [-0.15, -0.1) is 0 Å². The zero-order valence-electron chi connectivity index (χ0n) is 11.1. The van der Waals surface area contributed by atoms with E-state index in [0.29, 0.717) is 19.5 Å². The van der Waals surface area contributed by atoms with E-state index in [1.807, 2.05) is 24.7 Å². The summed E-state index contributed by atoms with van der Waals surface area (Å²) in [6, 6.07) is 0. The monoisotopic (exact) mass is 238 g/mol. The fourth-order valence-electron chi connectivity index (χ4n) is 1.65. The van der Waals surface area contributed by atoms with Crippen molar-refractivity contribution in [2.45, 2.75) is 39.3 Å². The molecule has 0 saturated heterocycles. The Morgan fingerprint density at radius 2 is 2.24 bits per heavy atom. The van der Waals surface area contributed by atoms with Gasteiger partial charge in [-0.1, -0.05) is 0 Å². The Morgan fingerprint density at radius 3 is 2.82 bits per heavy atom. The predicted molar refractivity (Wildman–Crippen MR) is 67.6 cm³/mol. The largest absolute Gasteiger partial charge is 0.356 e. The first-order valence-corrected chi connectivity index (χ1v) is 5.97. The topological polar surface area (TPSA) is 59.0 Å². The molecule has 0 atom stereocenters.